The van der Waals surface area contributed by atoms with E-state index in [1.807, 2.05) is 37.3 Å². The van der Waals surface area contributed by atoms with Crippen LogP contribution in [0, 0.1) is 5.92 Å². The molecule has 0 aliphatic carbocycles. The molecule has 2 rings (SSSR count). The van der Waals surface area contributed by atoms with Gasteiger partial charge in [-0.05, 0) is 24.2 Å². The second kappa shape index (κ2) is 9.19. The highest BCUT2D eigenvalue weighted by Gasteiger charge is 2.37. The molecule has 138 valence electrons. The fourth-order valence-corrected chi connectivity index (χ4v) is 2.84. The van der Waals surface area contributed by atoms with E-state index in [4.69, 9.17) is 17.0 Å². The third-order valence-corrected chi connectivity index (χ3v) is 4.22. The Balaban J connectivity index is 2.19. The van der Waals surface area contributed by atoms with Gasteiger partial charge in [0.05, 0.1) is 7.11 Å². The largest absolute Gasteiger partial charge is 0.467 e. The van der Waals surface area contributed by atoms with Crippen molar-refractivity contribution in [1.29, 1.82) is 0 Å². The molecule has 0 saturated carbocycles. The van der Waals surface area contributed by atoms with Crippen LogP contribution >= 0.6 is 12.2 Å². The predicted molar refractivity (Wildman–Crippen MR) is 101 cm³/mol. The number of hydrogen-bond donors (Lipinski definition) is 1. The number of ether oxygens (including phenoxy) is 1. The standard InChI is InChI=1S/C18H21N3O4S/c1-3-9-21-16(23)13(15(22)20-18(21)26)11-19-14(17(24)25-2)10-12-7-5-4-6-8-12/h4-8,11,13-14H,3,9-10H2,1-2H3,(H,20,22,26)/t13-,14-/m0/s1. The zero-order valence-electron chi connectivity index (χ0n) is 14.7. The molecule has 0 unspecified atom stereocenters. The van der Waals surface area contributed by atoms with Gasteiger partial charge in [-0.1, -0.05) is 37.3 Å². The number of benzene rings is 1. The lowest BCUT2D eigenvalue weighted by molar-refractivity contribution is -0.142. The van der Waals surface area contributed by atoms with Gasteiger partial charge in [-0.2, -0.15) is 0 Å². The molecule has 0 radical (unpaired) electrons. The summed E-state index contributed by atoms with van der Waals surface area (Å²) in [6.07, 6.45) is 2.22. The van der Waals surface area contributed by atoms with E-state index in [9.17, 15) is 14.4 Å². The van der Waals surface area contributed by atoms with Crippen molar-refractivity contribution in [3.8, 4) is 0 Å². The van der Waals surface area contributed by atoms with Gasteiger partial charge in [0.2, 0.25) is 11.8 Å². The van der Waals surface area contributed by atoms with Crippen molar-refractivity contribution in [1.82, 2.24) is 10.2 Å². The van der Waals surface area contributed by atoms with E-state index >= 15 is 0 Å². The number of amides is 2. The Morgan fingerprint density at radius 1 is 1.38 bits per heavy atom. The summed E-state index contributed by atoms with van der Waals surface area (Å²) >= 11 is 5.04. The van der Waals surface area contributed by atoms with Crippen molar-refractivity contribution >= 4 is 41.3 Å². The molecule has 1 aliphatic heterocycles. The normalized spacial score (nSPS) is 18.8. The van der Waals surface area contributed by atoms with Gasteiger partial charge in [-0.25, -0.2) is 4.79 Å². The van der Waals surface area contributed by atoms with Crippen LogP contribution in [0.25, 0.3) is 0 Å². The van der Waals surface area contributed by atoms with Crippen LogP contribution < -0.4 is 5.32 Å². The van der Waals surface area contributed by atoms with Crippen molar-refractivity contribution in [3.63, 3.8) is 0 Å². The van der Waals surface area contributed by atoms with E-state index in [0.717, 1.165) is 5.56 Å². The molecule has 0 bridgehead atoms. The first-order chi connectivity index (χ1) is 12.5. The summed E-state index contributed by atoms with van der Waals surface area (Å²) < 4.78 is 4.79. The molecule has 1 saturated heterocycles. The number of methoxy groups -OCH3 is 1. The first kappa shape index (κ1) is 19.7. The van der Waals surface area contributed by atoms with Gasteiger partial charge in [0.15, 0.2) is 17.1 Å². The molecule has 0 spiro atoms. The number of aliphatic imine (C=N–C) groups is 1. The Kier molecular flexibility index (Phi) is 6.97. The van der Waals surface area contributed by atoms with E-state index in [-0.39, 0.29) is 5.11 Å². The topological polar surface area (TPSA) is 88.1 Å². The fraction of sp³-hybridized carbons (Fsp3) is 0.389. The second-order valence-corrected chi connectivity index (χ2v) is 6.18. The smallest absolute Gasteiger partial charge is 0.330 e. The average Bonchev–Trinajstić information content (AvgIpc) is 2.64. The highest BCUT2D eigenvalue weighted by Crippen LogP contribution is 2.12. The zero-order chi connectivity index (χ0) is 19.1. The maximum atomic E-state index is 12.5. The Morgan fingerprint density at radius 2 is 2.08 bits per heavy atom. The maximum absolute atomic E-state index is 12.5. The Morgan fingerprint density at radius 3 is 2.69 bits per heavy atom. The van der Waals surface area contributed by atoms with Gasteiger partial charge in [0.1, 0.15) is 0 Å². The first-order valence-electron chi connectivity index (χ1n) is 8.29. The Hall–Kier alpha value is -2.61. The number of thiocarbonyl (C=S) groups is 1. The van der Waals surface area contributed by atoms with Crippen molar-refractivity contribution in [3.05, 3.63) is 35.9 Å². The number of nitrogens with zero attached hydrogens (tertiary/aromatic N) is 2. The molecule has 0 aromatic heterocycles. The molecule has 1 fully saturated rings. The van der Waals surface area contributed by atoms with E-state index in [1.54, 1.807) is 0 Å². The predicted octanol–water partition coefficient (Wildman–Crippen LogP) is 1.11. The molecule has 8 heteroatoms. The molecule has 1 aliphatic rings. The Bertz CT molecular complexity index is 720. The number of rotatable bonds is 7. The lowest BCUT2D eigenvalue weighted by atomic mass is 10.0. The van der Waals surface area contributed by atoms with Crippen molar-refractivity contribution in [2.75, 3.05) is 13.7 Å². The number of hydrogen-bond acceptors (Lipinski definition) is 6. The third kappa shape index (κ3) is 4.72. The van der Waals surface area contributed by atoms with Crippen LogP contribution in [-0.4, -0.2) is 53.7 Å². The minimum Gasteiger partial charge on any atom is -0.467 e. The number of carbonyl (C=O) groups excluding carboxylic acids is 3. The van der Waals surface area contributed by atoms with Crippen LogP contribution in [0.15, 0.2) is 35.3 Å². The molecule has 1 heterocycles. The summed E-state index contributed by atoms with van der Waals surface area (Å²) in [6, 6.07) is 8.48. The number of esters is 1. The average molecular weight is 375 g/mol. The Labute approximate surface area is 157 Å². The lowest BCUT2D eigenvalue weighted by Gasteiger charge is -2.30. The van der Waals surface area contributed by atoms with Crippen LogP contribution in [0.5, 0.6) is 0 Å². The SMILES string of the molecule is CCCN1C(=O)[C@@H](C=N[C@@H](Cc2ccccc2)C(=O)OC)C(=O)NC1=S. The van der Waals surface area contributed by atoms with Crippen molar-refractivity contribution < 1.29 is 19.1 Å². The monoisotopic (exact) mass is 375 g/mol. The summed E-state index contributed by atoms with van der Waals surface area (Å²) in [5.74, 6) is -2.63. The van der Waals surface area contributed by atoms with Gasteiger partial charge < -0.3 is 10.1 Å². The molecular formula is C18H21N3O4S. The van der Waals surface area contributed by atoms with Crippen molar-refractivity contribution in [2.24, 2.45) is 10.9 Å². The number of carbonyl (C=O) groups is 3. The van der Waals surface area contributed by atoms with Crippen molar-refractivity contribution in [2.45, 2.75) is 25.8 Å². The fourth-order valence-electron chi connectivity index (χ4n) is 2.56. The molecule has 1 aromatic rings. The molecule has 2 amide bonds. The van der Waals surface area contributed by atoms with Crippen LogP contribution in [0.1, 0.15) is 18.9 Å². The van der Waals surface area contributed by atoms with Gasteiger partial charge in [-0.3, -0.25) is 19.5 Å². The highest BCUT2D eigenvalue weighted by molar-refractivity contribution is 7.80. The molecule has 1 aromatic carbocycles. The zero-order valence-corrected chi connectivity index (χ0v) is 15.5. The summed E-state index contributed by atoms with van der Waals surface area (Å²) in [5, 5.41) is 2.60. The van der Waals surface area contributed by atoms with Gasteiger partial charge in [0.25, 0.3) is 0 Å². The minimum atomic E-state index is -1.11. The third-order valence-electron chi connectivity index (χ3n) is 3.90. The molecular weight excluding hydrogens is 354 g/mol. The summed E-state index contributed by atoms with van der Waals surface area (Å²) in [5.41, 5.74) is 0.897. The highest BCUT2D eigenvalue weighted by atomic mass is 32.1. The van der Waals surface area contributed by atoms with E-state index in [1.165, 1.54) is 18.2 Å². The summed E-state index contributed by atoms with van der Waals surface area (Å²) in [7, 11) is 1.27. The lowest BCUT2D eigenvalue weighted by Crippen LogP contribution is -2.58. The van der Waals surface area contributed by atoms with Crippen LogP contribution in [-0.2, 0) is 25.5 Å². The van der Waals surface area contributed by atoms with Crippen LogP contribution in [0.2, 0.25) is 0 Å². The van der Waals surface area contributed by atoms with Gasteiger partial charge >= 0.3 is 5.97 Å². The first-order valence-corrected chi connectivity index (χ1v) is 8.70. The summed E-state index contributed by atoms with van der Waals surface area (Å²) in [6.45, 7) is 2.31. The maximum Gasteiger partial charge on any atom is 0.330 e. The van der Waals surface area contributed by atoms with E-state index < -0.39 is 29.7 Å². The van der Waals surface area contributed by atoms with E-state index in [2.05, 4.69) is 10.3 Å². The quantitative estimate of drug-likeness (QED) is 0.334. The molecule has 2 atom stereocenters. The van der Waals surface area contributed by atoms with Crippen LogP contribution in [0.4, 0.5) is 0 Å². The van der Waals surface area contributed by atoms with Crippen LogP contribution in [0.3, 0.4) is 0 Å². The molecule has 1 N–H and O–H groups in total. The summed E-state index contributed by atoms with van der Waals surface area (Å²) in [4.78, 5) is 42.2. The van der Waals surface area contributed by atoms with E-state index in [0.29, 0.717) is 19.4 Å². The van der Waals surface area contributed by atoms with Gasteiger partial charge in [0, 0.05) is 19.2 Å². The molecule has 26 heavy (non-hydrogen) atoms. The minimum absolute atomic E-state index is 0.0975. The van der Waals surface area contributed by atoms with Gasteiger partial charge in [-0.15, -0.1) is 0 Å². The molecule has 7 nitrogen and oxygen atoms in total. The number of nitrogens with one attached hydrogen (secondary N) is 1. The second-order valence-electron chi connectivity index (χ2n) is 5.79.